The summed E-state index contributed by atoms with van der Waals surface area (Å²) in [4.78, 5) is 24.3. The van der Waals surface area contributed by atoms with E-state index in [-0.39, 0.29) is 5.56 Å². The number of hydrogen-bond acceptors (Lipinski definition) is 6. The molecule has 2 heterocycles. The molecule has 0 bridgehead atoms. The third-order valence-corrected chi connectivity index (χ3v) is 5.12. The average Bonchev–Trinajstić information content (AvgIpc) is 2.78. The molecule has 1 fully saturated rings. The summed E-state index contributed by atoms with van der Waals surface area (Å²) in [6, 6.07) is 17.1. The van der Waals surface area contributed by atoms with Crippen molar-refractivity contribution in [2.45, 2.75) is 0 Å². The fourth-order valence-electron chi connectivity index (χ4n) is 3.64. The van der Waals surface area contributed by atoms with Crippen molar-refractivity contribution in [2.24, 2.45) is 0 Å². The molecule has 1 aromatic heterocycles. The highest BCUT2D eigenvalue weighted by molar-refractivity contribution is 5.67. The first kappa shape index (κ1) is 18.9. The van der Waals surface area contributed by atoms with Crippen molar-refractivity contribution >= 4 is 11.6 Å². The summed E-state index contributed by atoms with van der Waals surface area (Å²) in [5.41, 5.74) is 2.31. The third kappa shape index (κ3) is 3.89. The molecule has 0 radical (unpaired) electrons. The number of H-pyrrole nitrogens is 1. The number of nitrogens with one attached hydrogen (secondary N) is 1. The number of methoxy groups -OCH3 is 2. The normalized spacial score (nSPS) is 14.0. The molecular weight excluding hydrogens is 368 g/mol. The Balaban J connectivity index is 1.56. The fraction of sp³-hybridized carbons (Fsp3) is 0.273. The van der Waals surface area contributed by atoms with E-state index in [0.717, 1.165) is 43.2 Å². The van der Waals surface area contributed by atoms with Crippen molar-refractivity contribution < 1.29 is 9.47 Å². The Morgan fingerprint density at radius 2 is 1.48 bits per heavy atom. The Hall–Kier alpha value is -3.48. The van der Waals surface area contributed by atoms with E-state index in [1.165, 1.54) is 6.07 Å². The van der Waals surface area contributed by atoms with Crippen molar-refractivity contribution in [1.82, 2.24) is 9.97 Å². The maximum Gasteiger partial charge on any atom is 0.252 e. The van der Waals surface area contributed by atoms with Gasteiger partial charge in [-0.1, -0.05) is 24.3 Å². The number of aromatic nitrogens is 2. The number of rotatable bonds is 5. The van der Waals surface area contributed by atoms with Gasteiger partial charge in [0.1, 0.15) is 11.5 Å². The van der Waals surface area contributed by atoms with Gasteiger partial charge in [-0.15, -0.1) is 0 Å². The van der Waals surface area contributed by atoms with E-state index in [2.05, 4.69) is 20.9 Å². The zero-order valence-corrected chi connectivity index (χ0v) is 16.6. The molecule has 0 amide bonds. The third-order valence-electron chi connectivity index (χ3n) is 5.12. The second-order valence-corrected chi connectivity index (χ2v) is 6.80. The fourth-order valence-corrected chi connectivity index (χ4v) is 3.64. The average molecular weight is 392 g/mol. The van der Waals surface area contributed by atoms with Crippen LogP contribution >= 0.6 is 0 Å². The molecule has 1 aliphatic rings. The second kappa shape index (κ2) is 8.26. The zero-order valence-electron chi connectivity index (χ0n) is 16.6. The number of piperazine rings is 1. The van der Waals surface area contributed by atoms with Gasteiger partial charge in [0.25, 0.3) is 5.56 Å². The number of anilines is 2. The van der Waals surface area contributed by atoms with E-state index in [4.69, 9.17) is 14.5 Å². The number of para-hydroxylation sites is 3. The molecule has 7 heteroatoms. The first-order chi connectivity index (χ1) is 14.2. The summed E-state index contributed by atoms with van der Waals surface area (Å²) in [5, 5.41) is 0. The highest BCUT2D eigenvalue weighted by Crippen LogP contribution is 2.30. The molecule has 0 unspecified atom stereocenters. The van der Waals surface area contributed by atoms with Crippen LogP contribution in [0.25, 0.3) is 11.3 Å². The minimum absolute atomic E-state index is 0.178. The first-order valence-corrected chi connectivity index (χ1v) is 9.57. The van der Waals surface area contributed by atoms with Crippen LogP contribution in [0, 0.1) is 0 Å². The van der Waals surface area contributed by atoms with Gasteiger partial charge in [-0.05, 0) is 24.3 Å². The molecule has 0 spiro atoms. The summed E-state index contributed by atoms with van der Waals surface area (Å²) < 4.78 is 10.9. The highest BCUT2D eigenvalue weighted by Gasteiger charge is 2.22. The maximum absolute atomic E-state index is 12.3. The van der Waals surface area contributed by atoms with Crippen LogP contribution < -0.4 is 24.8 Å². The van der Waals surface area contributed by atoms with Crippen LogP contribution in [0.2, 0.25) is 0 Å². The van der Waals surface area contributed by atoms with E-state index >= 15 is 0 Å². The minimum atomic E-state index is -0.178. The van der Waals surface area contributed by atoms with Gasteiger partial charge in [0.15, 0.2) is 0 Å². The number of ether oxygens (including phenoxy) is 2. The smallest absolute Gasteiger partial charge is 0.252 e. The number of hydrogen-bond donors (Lipinski definition) is 1. The van der Waals surface area contributed by atoms with Gasteiger partial charge < -0.3 is 19.3 Å². The van der Waals surface area contributed by atoms with Gasteiger partial charge in [-0.2, -0.15) is 0 Å². The second-order valence-electron chi connectivity index (χ2n) is 6.80. The van der Waals surface area contributed by atoms with E-state index in [0.29, 0.717) is 17.4 Å². The van der Waals surface area contributed by atoms with Gasteiger partial charge in [0.2, 0.25) is 5.95 Å². The number of aromatic amines is 1. The van der Waals surface area contributed by atoms with Crippen molar-refractivity contribution in [3.05, 3.63) is 65.0 Å². The van der Waals surface area contributed by atoms with Gasteiger partial charge in [-0.3, -0.25) is 9.78 Å². The predicted octanol–water partition coefficient (Wildman–Crippen LogP) is 2.78. The molecule has 29 heavy (non-hydrogen) atoms. The van der Waals surface area contributed by atoms with Crippen molar-refractivity contribution in [2.75, 3.05) is 50.2 Å². The molecule has 0 atom stereocenters. The predicted molar refractivity (Wildman–Crippen MR) is 114 cm³/mol. The molecule has 1 N–H and O–H groups in total. The van der Waals surface area contributed by atoms with Crippen LogP contribution in [0.5, 0.6) is 11.5 Å². The van der Waals surface area contributed by atoms with Crippen LogP contribution in [-0.4, -0.2) is 50.4 Å². The van der Waals surface area contributed by atoms with E-state index in [1.807, 2.05) is 42.5 Å². The molecule has 3 aromatic rings. The molecule has 0 aliphatic carbocycles. The van der Waals surface area contributed by atoms with Gasteiger partial charge in [0, 0.05) is 37.8 Å². The van der Waals surface area contributed by atoms with E-state index < -0.39 is 0 Å². The number of benzene rings is 2. The summed E-state index contributed by atoms with van der Waals surface area (Å²) in [6.45, 7) is 3.11. The van der Waals surface area contributed by atoms with Crippen molar-refractivity contribution in [3.8, 4) is 22.8 Å². The lowest BCUT2D eigenvalue weighted by Gasteiger charge is -2.36. The van der Waals surface area contributed by atoms with Gasteiger partial charge >= 0.3 is 0 Å². The topological polar surface area (TPSA) is 70.7 Å². The van der Waals surface area contributed by atoms with E-state index in [9.17, 15) is 4.79 Å². The summed E-state index contributed by atoms with van der Waals surface area (Å²) in [6.07, 6.45) is 0. The molecule has 2 aromatic carbocycles. The lowest BCUT2D eigenvalue weighted by atomic mass is 10.1. The largest absolute Gasteiger partial charge is 0.496 e. The molecule has 1 aliphatic heterocycles. The standard InChI is InChI=1S/C22H24N4O3/c1-28-19-9-5-3-7-16(19)17-15-21(27)24-22(23-17)26-13-11-25(12-14-26)18-8-4-6-10-20(18)29-2/h3-10,15H,11-14H2,1-2H3,(H,23,24,27). The Labute approximate surface area is 169 Å². The number of nitrogens with zero attached hydrogens (tertiary/aromatic N) is 3. The van der Waals surface area contributed by atoms with Crippen LogP contribution in [0.3, 0.4) is 0 Å². The summed E-state index contributed by atoms with van der Waals surface area (Å²) in [5.74, 6) is 2.14. The van der Waals surface area contributed by atoms with Crippen LogP contribution in [-0.2, 0) is 0 Å². The SMILES string of the molecule is COc1ccccc1-c1cc(=O)[nH]c(N2CCN(c3ccccc3OC)CC2)n1. The summed E-state index contributed by atoms with van der Waals surface area (Å²) >= 11 is 0. The highest BCUT2D eigenvalue weighted by atomic mass is 16.5. The van der Waals surface area contributed by atoms with E-state index in [1.54, 1.807) is 14.2 Å². The quantitative estimate of drug-likeness (QED) is 0.720. The first-order valence-electron chi connectivity index (χ1n) is 9.57. The van der Waals surface area contributed by atoms with Gasteiger partial charge in [-0.25, -0.2) is 4.98 Å². The molecule has 1 saturated heterocycles. The van der Waals surface area contributed by atoms with Gasteiger partial charge in [0.05, 0.1) is 25.6 Å². The Morgan fingerprint density at radius 1 is 0.862 bits per heavy atom. The Morgan fingerprint density at radius 3 is 2.21 bits per heavy atom. The molecule has 0 saturated carbocycles. The van der Waals surface area contributed by atoms with Crippen molar-refractivity contribution in [1.29, 1.82) is 0 Å². The van der Waals surface area contributed by atoms with Crippen LogP contribution in [0.1, 0.15) is 0 Å². The van der Waals surface area contributed by atoms with Crippen LogP contribution in [0.4, 0.5) is 11.6 Å². The monoisotopic (exact) mass is 392 g/mol. The summed E-state index contributed by atoms with van der Waals surface area (Å²) in [7, 11) is 3.30. The molecule has 7 nitrogen and oxygen atoms in total. The molecule has 150 valence electrons. The Kier molecular flexibility index (Phi) is 5.37. The van der Waals surface area contributed by atoms with Crippen molar-refractivity contribution in [3.63, 3.8) is 0 Å². The molecule has 4 rings (SSSR count). The Bertz CT molecular complexity index is 1040. The maximum atomic E-state index is 12.3. The lowest BCUT2D eigenvalue weighted by molar-refractivity contribution is 0.413. The lowest BCUT2D eigenvalue weighted by Crippen LogP contribution is -2.47. The minimum Gasteiger partial charge on any atom is -0.496 e. The molecular formula is C22H24N4O3. The van der Waals surface area contributed by atoms with Crippen LogP contribution in [0.15, 0.2) is 59.4 Å². The zero-order chi connectivity index (χ0) is 20.2.